The highest BCUT2D eigenvalue weighted by molar-refractivity contribution is 6.25. The molecule has 7 atom stereocenters. The summed E-state index contributed by atoms with van der Waals surface area (Å²) < 4.78 is 0. The summed E-state index contributed by atoms with van der Waals surface area (Å²) in [6.07, 6.45) is -2.50. The van der Waals surface area contributed by atoms with Crippen molar-refractivity contribution in [1.82, 2.24) is 16.0 Å². The average Bonchev–Trinajstić information content (AvgIpc) is 2.85. The number of rotatable bonds is 18. The lowest BCUT2D eigenvalue weighted by molar-refractivity contribution is -0.181. The van der Waals surface area contributed by atoms with Crippen LogP contribution in [0.3, 0.4) is 0 Å². The highest BCUT2D eigenvalue weighted by Crippen LogP contribution is 2.30. The Morgan fingerprint density at radius 1 is 0.757 bits per heavy atom. The molecular formula is C24H41N3O10. The summed E-state index contributed by atoms with van der Waals surface area (Å²) in [6.45, 7) is 6.77. The standard InChI is InChI=1S/C24H41N3O10/c1-9-12(2)17(27-8)19(31)23(36,11-16(29)22(5,35)18(30)14(4)26-7)20(32)24(37,21(33)34)10-15(28)13(3)25-6/h12-14,17,25-27,35-37H,9-11H2,1-8H3,(H,33,34)/t12?,13-,14-,17+,22?,23?,24?/m0/s1. The number of hydrogen-bond acceptors (Lipinski definition) is 12. The molecule has 13 nitrogen and oxygen atoms in total. The molecule has 0 heterocycles. The van der Waals surface area contributed by atoms with Crippen LogP contribution in [-0.2, 0) is 28.8 Å². The zero-order chi connectivity index (χ0) is 29.5. The van der Waals surface area contributed by atoms with Crippen LogP contribution in [0, 0.1) is 5.92 Å². The number of likely N-dealkylation sites (N-methyl/N-ethyl adjacent to an activating group) is 3. The zero-order valence-electron chi connectivity index (χ0n) is 22.7. The second-order valence-electron chi connectivity index (χ2n) is 9.57. The van der Waals surface area contributed by atoms with Gasteiger partial charge in [-0.25, -0.2) is 4.79 Å². The molecule has 0 fully saturated rings. The van der Waals surface area contributed by atoms with Crippen molar-refractivity contribution in [3.05, 3.63) is 0 Å². The Bertz CT molecular complexity index is 905. The van der Waals surface area contributed by atoms with Crippen LogP contribution in [0.1, 0.15) is 53.9 Å². The Morgan fingerprint density at radius 3 is 1.62 bits per heavy atom. The highest BCUT2D eigenvalue weighted by atomic mass is 16.4. The first-order chi connectivity index (χ1) is 16.8. The van der Waals surface area contributed by atoms with Gasteiger partial charge in [-0.2, -0.15) is 0 Å². The molecule has 0 saturated carbocycles. The van der Waals surface area contributed by atoms with Crippen molar-refractivity contribution in [3.8, 4) is 0 Å². The third-order valence-corrected chi connectivity index (χ3v) is 6.93. The maximum atomic E-state index is 13.5. The van der Waals surface area contributed by atoms with Crippen molar-refractivity contribution in [2.24, 2.45) is 5.92 Å². The third-order valence-electron chi connectivity index (χ3n) is 6.93. The lowest BCUT2D eigenvalue weighted by Crippen LogP contribution is -2.67. The quantitative estimate of drug-likeness (QED) is 0.0931. The second kappa shape index (κ2) is 13.4. The highest BCUT2D eigenvalue weighted by Gasteiger charge is 2.61. The number of carboxylic acids is 1. The number of aliphatic hydroxyl groups is 3. The second-order valence-corrected chi connectivity index (χ2v) is 9.57. The largest absolute Gasteiger partial charge is 0.479 e. The molecule has 0 aromatic rings. The smallest absolute Gasteiger partial charge is 0.344 e. The van der Waals surface area contributed by atoms with Gasteiger partial charge in [-0.1, -0.05) is 20.3 Å². The predicted molar refractivity (Wildman–Crippen MR) is 132 cm³/mol. The molecule has 0 aliphatic carbocycles. The minimum atomic E-state index is -3.60. The summed E-state index contributed by atoms with van der Waals surface area (Å²) in [5.41, 5.74) is -9.91. The van der Waals surface area contributed by atoms with E-state index in [1.165, 1.54) is 35.0 Å². The lowest BCUT2D eigenvalue weighted by Gasteiger charge is -2.36. The monoisotopic (exact) mass is 531 g/mol. The number of carbonyl (C=O) groups is 6. The van der Waals surface area contributed by atoms with Crippen molar-refractivity contribution in [2.45, 2.75) is 88.8 Å². The lowest BCUT2D eigenvalue weighted by atomic mass is 9.71. The molecule has 4 unspecified atom stereocenters. The van der Waals surface area contributed by atoms with E-state index in [0.717, 1.165) is 6.92 Å². The van der Waals surface area contributed by atoms with Gasteiger partial charge in [-0.15, -0.1) is 0 Å². The van der Waals surface area contributed by atoms with Crippen molar-refractivity contribution in [2.75, 3.05) is 21.1 Å². The van der Waals surface area contributed by atoms with Crippen molar-refractivity contribution in [3.63, 3.8) is 0 Å². The van der Waals surface area contributed by atoms with Gasteiger partial charge in [-0.3, -0.25) is 24.0 Å². The van der Waals surface area contributed by atoms with E-state index in [1.54, 1.807) is 13.8 Å². The van der Waals surface area contributed by atoms with Crippen LogP contribution in [0.25, 0.3) is 0 Å². The first-order valence-electron chi connectivity index (χ1n) is 11.9. The summed E-state index contributed by atoms with van der Waals surface area (Å²) in [5.74, 6) is -9.60. The molecule has 0 aliphatic rings. The number of Topliss-reactive ketones (excluding diaryl/α,β-unsaturated/α-hetero) is 5. The van der Waals surface area contributed by atoms with Crippen molar-refractivity contribution < 1.29 is 49.2 Å². The number of carbonyl (C=O) groups excluding carboxylic acids is 5. The summed E-state index contributed by atoms with van der Waals surface area (Å²) in [4.78, 5) is 77.2. The van der Waals surface area contributed by atoms with Gasteiger partial charge in [0.15, 0.2) is 34.3 Å². The minimum absolute atomic E-state index is 0.354. The molecule has 0 radical (unpaired) electrons. The van der Waals surface area contributed by atoms with E-state index in [2.05, 4.69) is 16.0 Å². The maximum absolute atomic E-state index is 13.5. The molecule has 0 bridgehead atoms. The first kappa shape index (κ1) is 34.6. The number of carboxylic acid groups (broad SMARTS) is 1. The molecule has 0 rings (SSSR count). The maximum Gasteiger partial charge on any atom is 0.344 e. The number of aliphatic carboxylic acids is 1. The van der Waals surface area contributed by atoms with E-state index in [-0.39, 0.29) is 0 Å². The SMILES string of the molecule is CCC(C)[C@@H](NC)C(=O)C(O)(CC(=O)C(C)(O)C(=O)[C@H](C)NC)C(=O)C(O)(CC(=O)[C@H](C)NC)C(=O)O. The fourth-order valence-electron chi connectivity index (χ4n) is 3.70. The summed E-state index contributed by atoms with van der Waals surface area (Å²) >= 11 is 0. The van der Waals surface area contributed by atoms with Gasteiger partial charge in [0.05, 0.1) is 31.0 Å². The molecule has 0 aromatic carbocycles. The summed E-state index contributed by atoms with van der Waals surface area (Å²) in [6, 6.07) is -3.34. The van der Waals surface area contributed by atoms with Crippen LogP contribution in [0.15, 0.2) is 0 Å². The van der Waals surface area contributed by atoms with E-state index in [1.807, 2.05) is 0 Å². The number of hydrogen-bond donors (Lipinski definition) is 7. The number of ketones is 5. The molecule has 212 valence electrons. The van der Waals surface area contributed by atoms with Gasteiger partial charge in [0.25, 0.3) is 0 Å². The molecule has 7 N–H and O–H groups in total. The van der Waals surface area contributed by atoms with Crippen LogP contribution in [0.4, 0.5) is 0 Å². The Kier molecular flexibility index (Phi) is 12.5. The van der Waals surface area contributed by atoms with E-state index in [0.29, 0.717) is 6.42 Å². The predicted octanol–water partition coefficient (Wildman–Crippen LogP) is -2.24. The van der Waals surface area contributed by atoms with E-state index >= 15 is 0 Å². The van der Waals surface area contributed by atoms with Crippen LogP contribution in [0.2, 0.25) is 0 Å². The van der Waals surface area contributed by atoms with Gasteiger partial charge in [-0.05, 0) is 47.8 Å². The van der Waals surface area contributed by atoms with Gasteiger partial charge >= 0.3 is 5.97 Å². The van der Waals surface area contributed by atoms with Crippen molar-refractivity contribution in [1.29, 1.82) is 0 Å². The summed E-state index contributed by atoms with van der Waals surface area (Å²) in [7, 11) is 4.08. The Hall–Kier alpha value is -2.42. The van der Waals surface area contributed by atoms with Crippen molar-refractivity contribution >= 4 is 34.9 Å². The normalized spacial score (nSPS) is 19.8. The fourth-order valence-corrected chi connectivity index (χ4v) is 3.70. The van der Waals surface area contributed by atoms with E-state index < -0.39 is 88.6 Å². The van der Waals surface area contributed by atoms with Crippen LogP contribution >= 0.6 is 0 Å². The molecule has 13 heteroatoms. The molecule has 0 aliphatic heterocycles. The Balaban J connectivity index is 6.93. The Morgan fingerprint density at radius 2 is 1.24 bits per heavy atom. The minimum Gasteiger partial charge on any atom is -0.479 e. The zero-order valence-corrected chi connectivity index (χ0v) is 22.7. The number of nitrogens with one attached hydrogen (secondary N) is 3. The molecule has 0 saturated heterocycles. The van der Waals surface area contributed by atoms with E-state index in [4.69, 9.17) is 0 Å². The topological polar surface area (TPSA) is 219 Å². The molecular weight excluding hydrogens is 490 g/mol. The molecule has 0 amide bonds. The Labute approximate surface area is 216 Å². The van der Waals surface area contributed by atoms with E-state index in [9.17, 15) is 49.2 Å². The van der Waals surface area contributed by atoms with Crippen LogP contribution in [0.5, 0.6) is 0 Å². The fraction of sp³-hybridized carbons (Fsp3) is 0.750. The van der Waals surface area contributed by atoms with Crippen LogP contribution in [-0.4, -0.2) is 111 Å². The molecule has 0 aromatic heterocycles. The first-order valence-corrected chi connectivity index (χ1v) is 11.9. The van der Waals surface area contributed by atoms with Gasteiger partial charge in [0.2, 0.25) is 11.4 Å². The van der Waals surface area contributed by atoms with Gasteiger partial charge in [0, 0.05) is 0 Å². The third kappa shape index (κ3) is 7.33. The molecule has 0 spiro atoms. The summed E-state index contributed by atoms with van der Waals surface area (Å²) in [5, 5.41) is 50.4. The van der Waals surface area contributed by atoms with Gasteiger partial charge in [0.1, 0.15) is 0 Å². The van der Waals surface area contributed by atoms with Gasteiger partial charge < -0.3 is 36.4 Å². The average molecular weight is 532 g/mol. The molecule has 37 heavy (non-hydrogen) atoms. The van der Waals surface area contributed by atoms with Crippen LogP contribution < -0.4 is 16.0 Å².